The molecule has 2 aromatic carbocycles. The van der Waals surface area contributed by atoms with E-state index in [1.807, 2.05) is 0 Å². The molecule has 0 atom stereocenters. The topological polar surface area (TPSA) is 106 Å². The first-order valence-electron chi connectivity index (χ1n) is 11.0. The smallest absolute Gasteiger partial charge is 0.233 e. The van der Waals surface area contributed by atoms with Gasteiger partial charge in [-0.15, -0.1) is 0 Å². The molecule has 0 amide bonds. The van der Waals surface area contributed by atoms with Crippen molar-refractivity contribution in [3.8, 4) is 16.9 Å². The number of benzene rings is 2. The summed E-state index contributed by atoms with van der Waals surface area (Å²) in [4.78, 5) is 4.10. The summed E-state index contributed by atoms with van der Waals surface area (Å²) in [5, 5.41) is 2.81. The molecule has 0 aliphatic heterocycles. The van der Waals surface area contributed by atoms with Gasteiger partial charge in [0, 0.05) is 29.6 Å². The molecule has 0 radical (unpaired) electrons. The van der Waals surface area contributed by atoms with Crippen LogP contribution in [-0.2, 0) is 16.6 Å². The van der Waals surface area contributed by atoms with Crippen LogP contribution in [0.15, 0.2) is 48.7 Å². The lowest BCUT2D eigenvalue weighted by molar-refractivity contribution is 0.300. The second kappa shape index (κ2) is 10.8. The van der Waals surface area contributed by atoms with E-state index in [1.54, 1.807) is 30.3 Å². The molecule has 186 valence electrons. The highest BCUT2D eigenvalue weighted by molar-refractivity contribution is 7.92. The second-order valence-corrected chi connectivity index (χ2v) is 10.6. The number of halogens is 3. The molecule has 0 spiro atoms. The zero-order valence-electron chi connectivity index (χ0n) is 18.7. The number of rotatable bonds is 11. The molecule has 0 unspecified atom stereocenters. The van der Waals surface area contributed by atoms with Crippen molar-refractivity contribution >= 4 is 33.1 Å². The highest BCUT2D eigenvalue weighted by Crippen LogP contribution is 2.30. The van der Waals surface area contributed by atoms with Crippen LogP contribution in [0.25, 0.3) is 11.1 Å². The van der Waals surface area contributed by atoms with E-state index in [0.717, 1.165) is 24.2 Å². The van der Waals surface area contributed by atoms with Crippen molar-refractivity contribution in [1.29, 1.82) is 0 Å². The number of pyridine rings is 1. The Hall–Kier alpha value is -2.95. The predicted molar refractivity (Wildman–Crippen MR) is 133 cm³/mol. The van der Waals surface area contributed by atoms with Crippen LogP contribution in [0.1, 0.15) is 18.4 Å². The number of aromatic nitrogens is 1. The van der Waals surface area contributed by atoms with Crippen molar-refractivity contribution in [3.63, 3.8) is 0 Å². The minimum absolute atomic E-state index is 0.0139. The van der Waals surface area contributed by atoms with Gasteiger partial charge in [0.1, 0.15) is 18.2 Å². The Morgan fingerprint density at radius 1 is 1.09 bits per heavy atom. The van der Waals surface area contributed by atoms with Crippen molar-refractivity contribution in [1.82, 2.24) is 10.3 Å². The molecule has 0 bridgehead atoms. The lowest BCUT2D eigenvalue weighted by atomic mass is 10.1. The van der Waals surface area contributed by atoms with Gasteiger partial charge in [-0.1, -0.05) is 23.7 Å². The number of nitrogen functional groups attached to an aromatic ring is 1. The average Bonchev–Trinajstić information content (AvgIpc) is 3.65. The number of ether oxygens (including phenoxy) is 1. The first kappa shape index (κ1) is 25.2. The van der Waals surface area contributed by atoms with Crippen molar-refractivity contribution < 1.29 is 21.9 Å². The maximum absolute atomic E-state index is 14.0. The molecule has 1 saturated carbocycles. The van der Waals surface area contributed by atoms with Crippen LogP contribution in [0.5, 0.6) is 5.75 Å². The van der Waals surface area contributed by atoms with Crippen molar-refractivity contribution in [2.75, 3.05) is 29.3 Å². The molecule has 1 heterocycles. The number of nitrogens with two attached hydrogens (primary N) is 1. The average molecular weight is 523 g/mol. The van der Waals surface area contributed by atoms with Crippen LogP contribution >= 0.6 is 11.6 Å². The highest BCUT2D eigenvalue weighted by atomic mass is 35.5. The summed E-state index contributed by atoms with van der Waals surface area (Å²) >= 11 is 5.85. The van der Waals surface area contributed by atoms with Gasteiger partial charge in [-0.2, -0.15) is 0 Å². The monoisotopic (exact) mass is 522 g/mol. The number of nitrogens with zero attached hydrogens (tertiary/aromatic N) is 1. The maximum Gasteiger partial charge on any atom is 0.233 e. The normalized spacial score (nSPS) is 13.6. The lowest BCUT2D eigenvalue weighted by Crippen LogP contribution is -2.28. The molecular weight excluding hydrogens is 498 g/mol. The zero-order chi connectivity index (χ0) is 25.0. The molecule has 7 nitrogen and oxygen atoms in total. The summed E-state index contributed by atoms with van der Waals surface area (Å²) in [7, 11) is -3.48. The van der Waals surface area contributed by atoms with E-state index in [-0.39, 0.29) is 34.5 Å². The Morgan fingerprint density at radius 2 is 1.80 bits per heavy atom. The fraction of sp³-hybridized carbons (Fsp3) is 0.292. The Kier molecular flexibility index (Phi) is 7.73. The quantitative estimate of drug-likeness (QED) is 0.251. The Labute approximate surface area is 207 Å². The van der Waals surface area contributed by atoms with Gasteiger partial charge in [-0.05, 0) is 61.2 Å². The first-order chi connectivity index (χ1) is 16.7. The third-order valence-electron chi connectivity index (χ3n) is 5.56. The molecule has 35 heavy (non-hydrogen) atoms. The second-order valence-electron chi connectivity index (χ2n) is 8.36. The van der Waals surface area contributed by atoms with Crippen LogP contribution < -0.4 is 20.5 Å². The summed E-state index contributed by atoms with van der Waals surface area (Å²) in [6.07, 6.45) is 3.95. The van der Waals surface area contributed by atoms with E-state index < -0.39 is 21.7 Å². The fourth-order valence-electron chi connectivity index (χ4n) is 3.38. The third-order valence-corrected chi connectivity index (χ3v) is 7.26. The van der Waals surface area contributed by atoms with E-state index >= 15 is 0 Å². The van der Waals surface area contributed by atoms with Crippen LogP contribution in [0.4, 0.5) is 20.3 Å². The van der Waals surface area contributed by atoms with Crippen molar-refractivity contribution in [2.45, 2.75) is 19.4 Å². The summed E-state index contributed by atoms with van der Waals surface area (Å²) in [6, 6.07) is 10.3. The minimum atomic E-state index is -3.48. The zero-order valence-corrected chi connectivity index (χ0v) is 20.3. The molecule has 1 fully saturated rings. The van der Waals surface area contributed by atoms with Gasteiger partial charge in [0.15, 0.2) is 11.6 Å². The Bertz CT molecular complexity index is 1300. The van der Waals surface area contributed by atoms with Gasteiger partial charge in [-0.25, -0.2) is 22.2 Å². The molecule has 1 aliphatic rings. The number of sulfonamides is 1. The fourth-order valence-corrected chi connectivity index (χ4v) is 4.59. The van der Waals surface area contributed by atoms with Gasteiger partial charge in [0.25, 0.3) is 0 Å². The largest absolute Gasteiger partial charge is 0.485 e. The predicted octanol–water partition coefficient (Wildman–Crippen LogP) is 4.58. The number of nitrogens with one attached hydrogen (secondary N) is 2. The number of anilines is 2. The van der Waals surface area contributed by atoms with Crippen molar-refractivity contribution in [3.05, 3.63) is 70.9 Å². The van der Waals surface area contributed by atoms with E-state index in [1.165, 1.54) is 19.0 Å². The molecular formula is C24H25ClF2N4O3S. The number of hydrogen-bond acceptors (Lipinski definition) is 6. The van der Waals surface area contributed by atoms with E-state index in [4.69, 9.17) is 22.1 Å². The molecule has 4 rings (SSSR count). The van der Waals surface area contributed by atoms with Gasteiger partial charge in [-0.3, -0.25) is 4.72 Å². The summed E-state index contributed by atoms with van der Waals surface area (Å²) in [5.74, 6) is -0.535. The maximum atomic E-state index is 14.0. The van der Waals surface area contributed by atoms with Crippen molar-refractivity contribution in [2.24, 2.45) is 5.92 Å². The van der Waals surface area contributed by atoms with Gasteiger partial charge in [0.2, 0.25) is 10.0 Å². The van der Waals surface area contributed by atoms with Gasteiger partial charge < -0.3 is 15.8 Å². The van der Waals surface area contributed by atoms with E-state index in [0.29, 0.717) is 23.7 Å². The van der Waals surface area contributed by atoms with Gasteiger partial charge in [0.05, 0.1) is 10.8 Å². The molecule has 4 N–H and O–H groups in total. The Balaban J connectivity index is 1.40. The van der Waals surface area contributed by atoms with Crippen LogP contribution in [-0.4, -0.2) is 32.2 Å². The van der Waals surface area contributed by atoms with E-state index in [2.05, 4.69) is 15.0 Å². The molecule has 3 aromatic rings. The van der Waals surface area contributed by atoms with E-state index in [9.17, 15) is 17.2 Å². The highest BCUT2D eigenvalue weighted by Gasteiger charge is 2.20. The third kappa shape index (κ3) is 6.81. The summed E-state index contributed by atoms with van der Waals surface area (Å²) in [5.41, 5.74) is 7.56. The summed E-state index contributed by atoms with van der Waals surface area (Å²) < 4.78 is 60.4. The Morgan fingerprint density at radius 3 is 2.51 bits per heavy atom. The molecule has 11 heteroatoms. The van der Waals surface area contributed by atoms with Crippen LogP contribution in [0, 0.1) is 17.6 Å². The van der Waals surface area contributed by atoms with Gasteiger partial charge >= 0.3 is 0 Å². The SMILES string of the molecule is Nc1ncc(-c2ccc(NS(=O)(=O)CCNCC3CC3)cc2)cc1OCc1c(F)ccc(F)c1Cl. The molecule has 1 aliphatic carbocycles. The lowest BCUT2D eigenvalue weighted by Gasteiger charge is -2.13. The molecule has 1 aromatic heterocycles. The van der Waals surface area contributed by atoms with Crippen LogP contribution in [0.2, 0.25) is 5.02 Å². The minimum Gasteiger partial charge on any atom is -0.485 e. The first-order valence-corrected chi connectivity index (χ1v) is 13.1. The molecule has 0 saturated heterocycles. The van der Waals surface area contributed by atoms with Crippen LogP contribution in [0.3, 0.4) is 0 Å². The summed E-state index contributed by atoms with van der Waals surface area (Å²) in [6.45, 7) is 0.915. The number of hydrogen-bond donors (Lipinski definition) is 3. The standard InChI is InChI=1S/C24H25ClF2N4O3S/c25-23-19(20(26)7-8-21(23)27)14-34-22-11-17(13-30-24(22)28)16-3-5-18(6-4-16)31-35(32,33)10-9-29-12-15-1-2-15/h3-8,11,13,15,29,31H,1-2,9-10,12,14H2,(H2,28,30).